The van der Waals surface area contributed by atoms with Crippen molar-refractivity contribution in [1.29, 1.82) is 0 Å². The highest BCUT2D eigenvalue weighted by molar-refractivity contribution is 5.76. The van der Waals surface area contributed by atoms with Crippen molar-refractivity contribution in [2.24, 2.45) is 0 Å². The Bertz CT molecular complexity index is 766. The Hall–Kier alpha value is -1.07. The minimum absolute atomic E-state index is 0.179. The normalized spacial score (nSPS) is 22.7. The monoisotopic (exact) mass is 686 g/mol. The summed E-state index contributed by atoms with van der Waals surface area (Å²) in [7, 11) is 0. The third-order valence-electron chi connectivity index (χ3n) is 9.61. The number of aliphatic hydroxyl groups is 5. The predicted molar refractivity (Wildman–Crippen MR) is 194 cm³/mol. The van der Waals surface area contributed by atoms with E-state index in [1.165, 1.54) is 116 Å². The summed E-state index contributed by atoms with van der Waals surface area (Å²) in [5.74, 6) is -0.179. The van der Waals surface area contributed by atoms with Crippen molar-refractivity contribution in [3.05, 3.63) is 12.2 Å². The predicted octanol–water partition coefficient (Wildman–Crippen LogP) is 7.00. The summed E-state index contributed by atoms with van der Waals surface area (Å²) < 4.78 is 11.2. The van der Waals surface area contributed by atoms with Gasteiger partial charge in [0.15, 0.2) is 6.29 Å². The number of hydrogen-bond donors (Lipinski definition) is 6. The molecule has 9 heteroatoms. The second-order valence-corrected chi connectivity index (χ2v) is 14.1. The zero-order valence-electron chi connectivity index (χ0n) is 30.7. The molecule has 1 heterocycles. The van der Waals surface area contributed by atoms with Gasteiger partial charge in [-0.15, -0.1) is 0 Å². The number of carbonyl (C=O) groups excluding carboxylic acids is 1. The lowest BCUT2D eigenvalue weighted by Crippen LogP contribution is -2.60. The zero-order chi connectivity index (χ0) is 35.2. The molecule has 1 fully saturated rings. The standard InChI is InChI=1S/C39H75NO8/c1-3-5-7-9-11-13-15-16-17-19-20-22-24-26-28-33(42)32(31-47-39-38(46)37(45)36(44)34(30-41)48-39)40-35(43)29-27-25-23-21-18-14-12-10-8-6-4-2/h26,28,32-34,36-39,41-42,44-46H,3-25,27,29-31H2,1-2H3,(H,40,43)/b28-26+/t32-,33+,34+,36-,37?,38?,39+/m0/s1. The fourth-order valence-corrected chi connectivity index (χ4v) is 6.33. The summed E-state index contributed by atoms with van der Waals surface area (Å²) in [5.41, 5.74) is 0. The molecule has 284 valence electrons. The van der Waals surface area contributed by atoms with E-state index in [0.717, 1.165) is 38.5 Å². The number of unbranched alkanes of at least 4 members (excludes halogenated alkanes) is 22. The van der Waals surface area contributed by atoms with E-state index in [1.807, 2.05) is 6.08 Å². The Labute approximate surface area is 293 Å². The molecule has 1 saturated heterocycles. The smallest absolute Gasteiger partial charge is 0.220 e. The molecule has 1 amide bonds. The molecule has 48 heavy (non-hydrogen) atoms. The van der Waals surface area contributed by atoms with Gasteiger partial charge in [0, 0.05) is 6.42 Å². The number of allylic oxidation sites excluding steroid dienone is 1. The molecule has 2 unspecified atom stereocenters. The van der Waals surface area contributed by atoms with Crippen LogP contribution in [0.25, 0.3) is 0 Å². The highest BCUT2D eigenvalue weighted by atomic mass is 16.7. The van der Waals surface area contributed by atoms with Gasteiger partial charge >= 0.3 is 0 Å². The molecule has 0 aliphatic carbocycles. The van der Waals surface area contributed by atoms with Crippen molar-refractivity contribution < 1.29 is 39.8 Å². The summed E-state index contributed by atoms with van der Waals surface area (Å²) >= 11 is 0. The van der Waals surface area contributed by atoms with E-state index < -0.39 is 49.5 Å². The van der Waals surface area contributed by atoms with Gasteiger partial charge in [0.05, 0.1) is 25.4 Å². The first-order valence-corrected chi connectivity index (χ1v) is 19.9. The van der Waals surface area contributed by atoms with Crippen LogP contribution >= 0.6 is 0 Å². The average Bonchev–Trinajstić information content (AvgIpc) is 3.08. The van der Waals surface area contributed by atoms with Gasteiger partial charge in [-0.1, -0.05) is 161 Å². The van der Waals surface area contributed by atoms with Crippen molar-refractivity contribution >= 4 is 5.91 Å². The quantitative estimate of drug-likeness (QED) is 0.0328. The van der Waals surface area contributed by atoms with Gasteiger partial charge in [-0.3, -0.25) is 4.79 Å². The number of nitrogens with one attached hydrogen (secondary N) is 1. The maximum Gasteiger partial charge on any atom is 0.220 e. The Morgan fingerprint density at radius 1 is 0.688 bits per heavy atom. The summed E-state index contributed by atoms with van der Waals surface area (Å²) in [6, 6.07) is -0.796. The number of aliphatic hydroxyl groups excluding tert-OH is 5. The van der Waals surface area contributed by atoms with Gasteiger partial charge < -0.3 is 40.3 Å². The minimum atomic E-state index is -1.56. The lowest BCUT2D eigenvalue weighted by molar-refractivity contribution is -0.302. The Morgan fingerprint density at radius 2 is 1.15 bits per heavy atom. The Balaban J connectivity index is 2.44. The van der Waals surface area contributed by atoms with Crippen LogP contribution in [0.4, 0.5) is 0 Å². The fourth-order valence-electron chi connectivity index (χ4n) is 6.33. The van der Waals surface area contributed by atoms with Crippen LogP contribution in [0.5, 0.6) is 0 Å². The minimum Gasteiger partial charge on any atom is -0.394 e. The maximum absolute atomic E-state index is 12.8. The molecule has 0 bridgehead atoms. The molecular formula is C39H75NO8. The van der Waals surface area contributed by atoms with E-state index in [2.05, 4.69) is 19.2 Å². The van der Waals surface area contributed by atoms with Gasteiger partial charge in [0.25, 0.3) is 0 Å². The van der Waals surface area contributed by atoms with Crippen LogP contribution in [0.3, 0.4) is 0 Å². The van der Waals surface area contributed by atoms with Crippen molar-refractivity contribution in [2.75, 3.05) is 13.2 Å². The van der Waals surface area contributed by atoms with Crippen LogP contribution in [0, 0.1) is 0 Å². The summed E-state index contributed by atoms with van der Waals surface area (Å²) in [6.45, 7) is 3.74. The number of carbonyl (C=O) groups is 1. The van der Waals surface area contributed by atoms with E-state index >= 15 is 0 Å². The number of rotatable bonds is 32. The number of hydrogen-bond acceptors (Lipinski definition) is 8. The van der Waals surface area contributed by atoms with E-state index in [4.69, 9.17) is 9.47 Å². The first-order valence-electron chi connectivity index (χ1n) is 19.9. The van der Waals surface area contributed by atoms with Gasteiger partial charge in [-0.05, 0) is 19.3 Å². The molecule has 6 N–H and O–H groups in total. The van der Waals surface area contributed by atoms with Crippen molar-refractivity contribution in [3.63, 3.8) is 0 Å². The number of ether oxygens (including phenoxy) is 2. The molecule has 0 spiro atoms. The molecular weight excluding hydrogens is 610 g/mol. The van der Waals surface area contributed by atoms with E-state index in [9.17, 15) is 30.3 Å². The van der Waals surface area contributed by atoms with Gasteiger partial charge in [0.1, 0.15) is 24.4 Å². The molecule has 1 rings (SSSR count). The highest BCUT2D eigenvalue weighted by Crippen LogP contribution is 2.22. The lowest BCUT2D eigenvalue weighted by Gasteiger charge is -2.40. The molecule has 9 nitrogen and oxygen atoms in total. The molecule has 7 atom stereocenters. The molecule has 0 aromatic rings. The number of amides is 1. The second-order valence-electron chi connectivity index (χ2n) is 14.1. The van der Waals surface area contributed by atoms with Crippen molar-refractivity contribution in [3.8, 4) is 0 Å². The average molecular weight is 686 g/mol. The van der Waals surface area contributed by atoms with E-state index in [0.29, 0.717) is 6.42 Å². The summed E-state index contributed by atoms with van der Waals surface area (Å²) in [4.78, 5) is 12.8. The molecule has 0 saturated carbocycles. The molecule has 1 aliphatic heterocycles. The molecule has 0 aromatic heterocycles. The van der Waals surface area contributed by atoms with E-state index in [-0.39, 0.29) is 12.5 Å². The SMILES string of the molecule is CCCCCCCCCCCCCC/C=C/[C@@H](O)[C@H](CO[C@@H]1O[C@H](CO)[C@H](O)C(O)C1O)NC(=O)CCCCCCCCCCCCC. The molecule has 1 aliphatic rings. The first kappa shape index (κ1) is 45.0. The van der Waals surface area contributed by atoms with Crippen molar-refractivity contribution in [1.82, 2.24) is 5.32 Å². The topological polar surface area (TPSA) is 149 Å². The summed E-state index contributed by atoms with van der Waals surface area (Å²) in [5, 5.41) is 53.9. The summed E-state index contributed by atoms with van der Waals surface area (Å²) in [6.07, 6.45) is 25.3. The van der Waals surface area contributed by atoms with Crippen LogP contribution in [0.15, 0.2) is 12.2 Å². The van der Waals surface area contributed by atoms with Crippen LogP contribution in [-0.4, -0.2) is 87.5 Å². The third kappa shape index (κ3) is 21.9. The van der Waals surface area contributed by atoms with Crippen molar-refractivity contribution in [2.45, 2.75) is 217 Å². The Morgan fingerprint density at radius 3 is 1.62 bits per heavy atom. The maximum atomic E-state index is 12.8. The van der Waals surface area contributed by atoms with Crippen LogP contribution in [0.1, 0.15) is 174 Å². The third-order valence-corrected chi connectivity index (χ3v) is 9.61. The fraction of sp³-hybridized carbons (Fsp3) is 0.923. The Kier molecular flexibility index (Phi) is 28.8. The largest absolute Gasteiger partial charge is 0.394 e. The van der Waals surface area contributed by atoms with Crippen LogP contribution in [-0.2, 0) is 14.3 Å². The highest BCUT2D eigenvalue weighted by Gasteiger charge is 2.44. The lowest BCUT2D eigenvalue weighted by atomic mass is 9.99. The second kappa shape index (κ2) is 30.7. The van der Waals surface area contributed by atoms with Crippen LogP contribution in [0.2, 0.25) is 0 Å². The van der Waals surface area contributed by atoms with Gasteiger partial charge in [0.2, 0.25) is 5.91 Å². The molecule has 0 aromatic carbocycles. The van der Waals surface area contributed by atoms with Gasteiger partial charge in [-0.25, -0.2) is 0 Å². The zero-order valence-corrected chi connectivity index (χ0v) is 30.7. The molecule has 0 radical (unpaired) electrons. The van der Waals surface area contributed by atoms with Gasteiger partial charge in [-0.2, -0.15) is 0 Å². The van der Waals surface area contributed by atoms with Crippen LogP contribution < -0.4 is 5.32 Å². The van der Waals surface area contributed by atoms with E-state index in [1.54, 1.807) is 6.08 Å². The first-order chi connectivity index (χ1) is 23.3.